The molecule has 1 fully saturated rings. The van der Waals surface area contributed by atoms with Crippen LogP contribution in [0.3, 0.4) is 0 Å². The lowest BCUT2D eigenvalue weighted by molar-refractivity contribution is 0.623. The van der Waals surface area contributed by atoms with Gasteiger partial charge in [-0.15, -0.1) is 0 Å². The van der Waals surface area contributed by atoms with Crippen molar-refractivity contribution in [1.82, 2.24) is 0 Å². The molecule has 2 rings (SSSR count). The van der Waals surface area contributed by atoms with E-state index in [4.69, 9.17) is 23.2 Å². The van der Waals surface area contributed by atoms with Crippen LogP contribution in [0.2, 0.25) is 10.0 Å². The van der Waals surface area contributed by atoms with Gasteiger partial charge in [0.25, 0.3) is 0 Å². The molecule has 1 aromatic rings. The summed E-state index contributed by atoms with van der Waals surface area (Å²) in [6.45, 7) is 1.72. The predicted molar refractivity (Wildman–Crippen MR) is 57.9 cm³/mol. The van der Waals surface area contributed by atoms with Crippen molar-refractivity contribution in [2.24, 2.45) is 0 Å². The van der Waals surface area contributed by atoms with E-state index >= 15 is 0 Å². The van der Waals surface area contributed by atoms with Gasteiger partial charge in [-0.05, 0) is 25.0 Å². The zero-order valence-electron chi connectivity index (χ0n) is 7.56. The van der Waals surface area contributed by atoms with E-state index in [-0.39, 0.29) is 5.82 Å². The molecule has 1 saturated heterocycles. The van der Waals surface area contributed by atoms with Crippen molar-refractivity contribution in [1.29, 1.82) is 0 Å². The Morgan fingerprint density at radius 3 is 2.43 bits per heavy atom. The quantitative estimate of drug-likeness (QED) is 0.669. The van der Waals surface area contributed by atoms with Crippen LogP contribution in [0.4, 0.5) is 10.1 Å². The van der Waals surface area contributed by atoms with Crippen LogP contribution in [0.15, 0.2) is 12.1 Å². The Kier molecular flexibility index (Phi) is 2.84. The van der Waals surface area contributed by atoms with Gasteiger partial charge in [0.15, 0.2) is 0 Å². The second kappa shape index (κ2) is 3.95. The van der Waals surface area contributed by atoms with Gasteiger partial charge in [-0.2, -0.15) is 0 Å². The second-order valence-corrected chi connectivity index (χ2v) is 4.17. The molecule has 0 saturated carbocycles. The summed E-state index contributed by atoms with van der Waals surface area (Å²) in [7, 11) is 0. The lowest BCUT2D eigenvalue weighted by Crippen LogP contribution is -2.19. The smallest absolute Gasteiger partial charge is 0.148 e. The Labute approximate surface area is 92.4 Å². The Bertz CT molecular complexity index is 348. The summed E-state index contributed by atoms with van der Waals surface area (Å²) >= 11 is 11.8. The van der Waals surface area contributed by atoms with Gasteiger partial charge in [0.2, 0.25) is 0 Å². The molecule has 0 aromatic heterocycles. The van der Waals surface area contributed by atoms with Crippen molar-refractivity contribution >= 4 is 28.9 Å². The maximum atomic E-state index is 13.5. The second-order valence-electron chi connectivity index (χ2n) is 3.39. The fourth-order valence-electron chi connectivity index (χ4n) is 1.75. The first-order chi connectivity index (χ1) is 6.70. The summed E-state index contributed by atoms with van der Waals surface area (Å²) in [5, 5.41) is 0.739. The van der Waals surface area contributed by atoms with Crippen LogP contribution in [0.5, 0.6) is 0 Å². The van der Waals surface area contributed by atoms with Gasteiger partial charge in [0.1, 0.15) is 5.82 Å². The van der Waals surface area contributed by atoms with Gasteiger partial charge in [-0.3, -0.25) is 0 Å². The van der Waals surface area contributed by atoms with Crippen LogP contribution < -0.4 is 4.90 Å². The van der Waals surface area contributed by atoms with Crippen LogP contribution in [0, 0.1) is 5.82 Å². The highest BCUT2D eigenvalue weighted by Crippen LogP contribution is 2.36. The summed E-state index contributed by atoms with van der Waals surface area (Å²) < 4.78 is 13.5. The van der Waals surface area contributed by atoms with E-state index in [1.165, 1.54) is 12.1 Å². The van der Waals surface area contributed by atoms with Gasteiger partial charge >= 0.3 is 0 Å². The third-order valence-corrected chi connectivity index (χ3v) is 3.24. The number of nitrogens with zero attached hydrogens (tertiary/aromatic N) is 1. The van der Waals surface area contributed by atoms with Crippen LogP contribution in [-0.2, 0) is 0 Å². The van der Waals surface area contributed by atoms with E-state index in [2.05, 4.69) is 0 Å². The van der Waals surface area contributed by atoms with Gasteiger partial charge in [0, 0.05) is 13.1 Å². The minimum atomic E-state index is -0.290. The Morgan fingerprint density at radius 1 is 1.14 bits per heavy atom. The maximum absolute atomic E-state index is 13.5. The lowest BCUT2D eigenvalue weighted by atomic mass is 10.3. The SMILES string of the molecule is Fc1ccc(Cl)c(Cl)c1N1CCCC1. The number of hydrogen-bond acceptors (Lipinski definition) is 1. The molecule has 4 heteroatoms. The van der Waals surface area contributed by atoms with Crippen LogP contribution >= 0.6 is 23.2 Å². The minimum absolute atomic E-state index is 0.290. The van der Waals surface area contributed by atoms with Crippen molar-refractivity contribution in [2.45, 2.75) is 12.8 Å². The van der Waals surface area contributed by atoms with Crippen LogP contribution in [0.1, 0.15) is 12.8 Å². The summed E-state index contributed by atoms with van der Waals surface area (Å²) in [4.78, 5) is 1.95. The molecule has 14 heavy (non-hydrogen) atoms. The average molecular weight is 234 g/mol. The molecule has 0 unspecified atom stereocenters. The zero-order chi connectivity index (χ0) is 10.1. The van der Waals surface area contributed by atoms with Crippen LogP contribution in [0.25, 0.3) is 0 Å². The first-order valence-electron chi connectivity index (χ1n) is 4.58. The summed E-state index contributed by atoms with van der Waals surface area (Å²) in [5.74, 6) is -0.290. The molecule has 1 heterocycles. The van der Waals surface area contributed by atoms with Gasteiger partial charge in [0.05, 0.1) is 15.7 Å². The monoisotopic (exact) mass is 233 g/mol. The summed E-state index contributed by atoms with van der Waals surface area (Å²) in [6.07, 6.45) is 2.17. The fourth-order valence-corrected chi connectivity index (χ4v) is 2.17. The van der Waals surface area contributed by atoms with E-state index < -0.39 is 0 Å². The molecule has 0 atom stereocenters. The topological polar surface area (TPSA) is 3.24 Å². The molecule has 1 aliphatic rings. The molecule has 0 amide bonds. The number of halogens is 3. The molecule has 0 aliphatic carbocycles. The molecule has 1 aromatic carbocycles. The number of hydrogen-bond donors (Lipinski definition) is 0. The molecule has 0 N–H and O–H groups in total. The van der Waals surface area contributed by atoms with Crippen molar-refractivity contribution in [2.75, 3.05) is 18.0 Å². The number of benzene rings is 1. The standard InChI is InChI=1S/C10H10Cl2FN/c11-7-3-4-8(13)10(9(7)12)14-5-1-2-6-14/h3-4H,1-2,5-6H2. The first kappa shape index (κ1) is 10.1. The summed E-state index contributed by atoms with van der Waals surface area (Å²) in [6, 6.07) is 2.85. The largest absolute Gasteiger partial charge is 0.368 e. The average Bonchev–Trinajstić information content (AvgIpc) is 2.65. The maximum Gasteiger partial charge on any atom is 0.148 e. The molecule has 0 spiro atoms. The molecule has 76 valence electrons. The minimum Gasteiger partial charge on any atom is -0.368 e. The third-order valence-electron chi connectivity index (χ3n) is 2.44. The third kappa shape index (κ3) is 1.69. The van der Waals surface area contributed by atoms with Gasteiger partial charge < -0.3 is 4.90 Å². The highest BCUT2D eigenvalue weighted by atomic mass is 35.5. The molecule has 0 radical (unpaired) electrons. The zero-order valence-corrected chi connectivity index (χ0v) is 9.08. The Morgan fingerprint density at radius 2 is 1.79 bits per heavy atom. The number of rotatable bonds is 1. The van der Waals surface area contributed by atoms with E-state index in [9.17, 15) is 4.39 Å². The Hall–Kier alpha value is -0.470. The summed E-state index contributed by atoms with van der Waals surface area (Å²) in [5.41, 5.74) is 0.455. The van der Waals surface area contributed by atoms with Gasteiger partial charge in [-0.25, -0.2) is 4.39 Å². The van der Waals surface area contributed by atoms with Crippen molar-refractivity contribution < 1.29 is 4.39 Å². The molecule has 1 aliphatic heterocycles. The Balaban J connectivity index is 2.44. The normalized spacial score (nSPS) is 16.4. The predicted octanol–water partition coefficient (Wildman–Crippen LogP) is 3.73. The molecule has 1 nitrogen and oxygen atoms in total. The van der Waals surface area contributed by atoms with Crippen LogP contribution in [-0.4, -0.2) is 13.1 Å². The van der Waals surface area contributed by atoms with E-state index in [1.54, 1.807) is 0 Å². The molecular weight excluding hydrogens is 224 g/mol. The van der Waals surface area contributed by atoms with Gasteiger partial charge in [-0.1, -0.05) is 23.2 Å². The number of anilines is 1. The highest BCUT2D eigenvalue weighted by Gasteiger charge is 2.20. The highest BCUT2D eigenvalue weighted by molar-refractivity contribution is 6.43. The molecule has 0 bridgehead atoms. The first-order valence-corrected chi connectivity index (χ1v) is 5.34. The van der Waals surface area contributed by atoms with E-state index in [0.717, 1.165) is 25.9 Å². The van der Waals surface area contributed by atoms with Crippen molar-refractivity contribution in [3.05, 3.63) is 28.0 Å². The van der Waals surface area contributed by atoms with Crippen molar-refractivity contribution in [3.8, 4) is 0 Å². The van der Waals surface area contributed by atoms with E-state index in [1.807, 2.05) is 4.90 Å². The fraction of sp³-hybridized carbons (Fsp3) is 0.400. The lowest BCUT2D eigenvalue weighted by Gasteiger charge is -2.20. The molecular formula is C10H10Cl2FN. The van der Waals surface area contributed by atoms with Crippen molar-refractivity contribution in [3.63, 3.8) is 0 Å². The van der Waals surface area contributed by atoms with E-state index in [0.29, 0.717) is 15.7 Å².